The number of amides is 1. The van der Waals surface area contributed by atoms with E-state index < -0.39 is 10.0 Å². The van der Waals surface area contributed by atoms with Gasteiger partial charge in [0.1, 0.15) is 14.8 Å². The number of carbonyl (C=O) groups is 1. The van der Waals surface area contributed by atoms with Crippen molar-refractivity contribution in [2.75, 3.05) is 19.6 Å². The molecule has 0 atom stereocenters. The van der Waals surface area contributed by atoms with Gasteiger partial charge in [-0.25, -0.2) is 18.1 Å². The van der Waals surface area contributed by atoms with Crippen molar-refractivity contribution in [2.24, 2.45) is 7.05 Å². The molecule has 4 rings (SSSR count). The zero-order valence-electron chi connectivity index (χ0n) is 18.4. The van der Waals surface area contributed by atoms with Gasteiger partial charge in [0.05, 0.1) is 11.4 Å². The van der Waals surface area contributed by atoms with Gasteiger partial charge in [0, 0.05) is 32.9 Å². The van der Waals surface area contributed by atoms with Crippen molar-refractivity contribution in [3.8, 4) is 10.7 Å². The molecule has 0 radical (unpaired) electrons. The predicted octanol–water partition coefficient (Wildman–Crippen LogP) is 3.60. The van der Waals surface area contributed by atoms with Gasteiger partial charge >= 0.3 is 0 Å². The Bertz CT molecular complexity index is 1190. The Morgan fingerprint density at radius 3 is 2.62 bits per heavy atom. The monoisotopic (exact) mass is 472 g/mol. The number of aryl methyl sites for hydroxylation is 3. The summed E-state index contributed by atoms with van der Waals surface area (Å²) in [7, 11) is -1.83. The number of rotatable bonds is 8. The molecule has 1 saturated heterocycles. The van der Waals surface area contributed by atoms with Crippen LogP contribution in [0.5, 0.6) is 0 Å². The molecule has 2 aromatic heterocycles. The summed E-state index contributed by atoms with van der Waals surface area (Å²) in [5, 5.41) is 0.651. The number of nitrogens with one attached hydrogen (secondary N) is 1. The molecule has 170 valence electrons. The number of hydrogen-bond donors (Lipinski definition) is 1. The minimum absolute atomic E-state index is 0.0193. The van der Waals surface area contributed by atoms with Crippen molar-refractivity contribution in [1.29, 1.82) is 0 Å². The van der Waals surface area contributed by atoms with Gasteiger partial charge in [0.2, 0.25) is 10.0 Å². The molecule has 0 spiro atoms. The first-order valence-corrected chi connectivity index (χ1v) is 13.1. The smallest absolute Gasteiger partial charge is 0.265 e. The molecule has 1 N–H and O–H groups in total. The normalized spacial score (nSPS) is 14.2. The maximum atomic E-state index is 12.8. The summed E-state index contributed by atoms with van der Waals surface area (Å²) in [5.74, 6) is 0.0193. The van der Waals surface area contributed by atoms with E-state index in [-0.39, 0.29) is 10.8 Å². The van der Waals surface area contributed by atoms with Gasteiger partial charge in [0.15, 0.2) is 0 Å². The third-order valence-corrected chi connectivity index (χ3v) is 8.27. The van der Waals surface area contributed by atoms with Crippen LogP contribution in [0, 0.1) is 6.92 Å². The third-order valence-electron chi connectivity index (χ3n) is 5.67. The largest absolute Gasteiger partial charge is 0.347 e. The van der Waals surface area contributed by atoms with Crippen LogP contribution in [0.4, 0.5) is 0 Å². The average molecular weight is 473 g/mol. The van der Waals surface area contributed by atoms with E-state index in [1.54, 1.807) is 23.9 Å². The summed E-state index contributed by atoms with van der Waals surface area (Å²) in [6.45, 7) is 3.77. The van der Waals surface area contributed by atoms with Gasteiger partial charge in [-0.05, 0) is 44.2 Å². The van der Waals surface area contributed by atoms with E-state index in [1.807, 2.05) is 42.2 Å². The molecule has 9 heteroatoms. The van der Waals surface area contributed by atoms with Crippen molar-refractivity contribution < 1.29 is 13.2 Å². The summed E-state index contributed by atoms with van der Waals surface area (Å²) >= 11 is 1.33. The summed E-state index contributed by atoms with van der Waals surface area (Å²) < 4.78 is 30.0. The average Bonchev–Trinajstić information content (AvgIpc) is 3.52. The lowest BCUT2D eigenvalue weighted by Crippen LogP contribution is -2.27. The van der Waals surface area contributed by atoms with Gasteiger partial charge in [-0.2, -0.15) is 0 Å². The van der Waals surface area contributed by atoms with Crippen molar-refractivity contribution in [1.82, 2.24) is 19.2 Å². The van der Waals surface area contributed by atoms with Gasteiger partial charge in [-0.1, -0.05) is 30.3 Å². The third kappa shape index (κ3) is 4.95. The molecular weight excluding hydrogens is 444 g/mol. The second-order valence-electron chi connectivity index (χ2n) is 8.09. The Morgan fingerprint density at radius 2 is 1.91 bits per heavy atom. The Balaban J connectivity index is 1.45. The Morgan fingerprint density at radius 1 is 1.19 bits per heavy atom. The van der Waals surface area contributed by atoms with Crippen molar-refractivity contribution in [3.63, 3.8) is 0 Å². The van der Waals surface area contributed by atoms with Gasteiger partial charge in [-0.15, -0.1) is 11.3 Å². The highest BCUT2D eigenvalue weighted by Gasteiger charge is 2.25. The SMILES string of the molecule is Cc1nc(-c2cc(S(=O)(=O)NCCCc3ccccc3)cn2C)sc1C(=O)N1CCCC1. The molecule has 7 nitrogen and oxygen atoms in total. The molecule has 3 heterocycles. The van der Waals surface area contributed by atoms with Crippen LogP contribution in [0.25, 0.3) is 10.7 Å². The van der Waals surface area contributed by atoms with Crippen LogP contribution in [-0.2, 0) is 23.5 Å². The van der Waals surface area contributed by atoms with E-state index in [2.05, 4.69) is 9.71 Å². The first kappa shape index (κ1) is 22.7. The quantitative estimate of drug-likeness (QED) is 0.508. The van der Waals surface area contributed by atoms with Crippen LogP contribution < -0.4 is 4.72 Å². The fourth-order valence-corrected chi connectivity index (χ4v) is 6.13. The number of nitrogens with zero attached hydrogens (tertiary/aromatic N) is 3. The fourth-order valence-electron chi connectivity index (χ4n) is 3.89. The predicted molar refractivity (Wildman–Crippen MR) is 126 cm³/mol. The highest BCUT2D eigenvalue weighted by Crippen LogP contribution is 2.31. The number of likely N-dealkylation sites (tertiary alicyclic amines) is 1. The number of carbonyl (C=O) groups excluding carboxylic acids is 1. The lowest BCUT2D eigenvalue weighted by molar-refractivity contribution is 0.0796. The number of hydrogen-bond acceptors (Lipinski definition) is 5. The standard InChI is InChI=1S/C23H28N4O3S2/c1-17-21(23(28)27-13-6-7-14-27)31-22(25-17)20-15-19(16-26(20)2)32(29,30)24-12-8-11-18-9-4-3-5-10-18/h3-5,9-10,15-16,24H,6-8,11-14H2,1-2H3. The molecule has 0 aliphatic carbocycles. The summed E-state index contributed by atoms with van der Waals surface area (Å²) in [5.41, 5.74) is 2.56. The molecule has 32 heavy (non-hydrogen) atoms. The lowest BCUT2D eigenvalue weighted by Gasteiger charge is -2.13. The van der Waals surface area contributed by atoms with Gasteiger partial charge in [0.25, 0.3) is 5.91 Å². The second kappa shape index (κ2) is 9.56. The van der Waals surface area contributed by atoms with Crippen molar-refractivity contribution in [2.45, 2.75) is 37.5 Å². The zero-order chi connectivity index (χ0) is 22.7. The van der Waals surface area contributed by atoms with Crippen molar-refractivity contribution >= 4 is 27.3 Å². The van der Waals surface area contributed by atoms with Crippen molar-refractivity contribution in [3.05, 3.63) is 58.7 Å². The first-order chi connectivity index (χ1) is 15.3. The number of benzene rings is 1. The van der Waals surface area contributed by atoms with E-state index in [0.29, 0.717) is 27.8 Å². The summed E-state index contributed by atoms with van der Waals surface area (Å²) in [6.07, 6.45) is 5.20. The minimum atomic E-state index is -3.63. The molecule has 1 aromatic carbocycles. The van der Waals surface area contributed by atoms with Crippen LogP contribution in [0.1, 0.15) is 40.2 Å². The fraction of sp³-hybridized carbons (Fsp3) is 0.391. The molecule has 1 aliphatic rings. The molecule has 3 aromatic rings. The molecule has 1 amide bonds. The highest BCUT2D eigenvalue weighted by atomic mass is 32.2. The van der Waals surface area contributed by atoms with E-state index in [9.17, 15) is 13.2 Å². The minimum Gasteiger partial charge on any atom is -0.347 e. The molecule has 0 saturated carbocycles. The molecule has 1 aliphatic heterocycles. The summed E-state index contributed by atoms with van der Waals surface area (Å²) in [4.78, 5) is 20.1. The first-order valence-electron chi connectivity index (χ1n) is 10.8. The van der Waals surface area contributed by atoms with E-state index >= 15 is 0 Å². The maximum absolute atomic E-state index is 12.8. The lowest BCUT2D eigenvalue weighted by atomic mass is 10.1. The van der Waals surface area contributed by atoms with Crippen LogP contribution >= 0.6 is 11.3 Å². The Labute approximate surface area is 193 Å². The van der Waals surface area contributed by atoms with Crippen LogP contribution in [0.2, 0.25) is 0 Å². The second-order valence-corrected chi connectivity index (χ2v) is 10.9. The molecular formula is C23H28N4O3S2. The molecule has 0 bridgehead atoms. The maximum Gasteiger partial charge on any atom is 0.265 e. The summed E-state index contributed by atoms with van der Waals surface area (Å²) in [6, 6.07) is 11.6. The van der Waals surface area contributed by atoms with E-state index in [1.165, 1.54) is 16.9 Å². The Hall–Kier alpha value is -2.49. The van der Waals surface area contributed by atoms with Crippen LogP contribution in [0.3, 0.4) is 0 Å². The van der Waals surface area contributed by atoms with E-state index in [4.69, 9.17) is 0 Å². The topological polar surface area (TPSA) is 84.3 Å². The Kier molecular flexibility index (Phi) is 6.78. The van der Waals surface area contributed by atoms with Gasteiger partial charge < -0.3 is 9.47 Å². The van der Waals surface area contributed by atoms with Crippen LogP contribution in [0.15, 0.2) is 47.5 Å². The number of sulfonamides is 1. The van der Waals surface area contributed by atoms with E-state index in [0.717, 1.165) is 38.8 Å². The molecule has 0 unspecified atom stereocenters. The van der Waals surface area contributed by atoms with Crippen LogP contribution in [-0.4, -0.2) is 48.4 Å². The highest BCUT2D eigenvalue weighted by molar-refractivity contribution is 7.89. The molecule has 1 fully saturated rings. The van der Waals surface area contributed by atoms with Gasteiger partial charge in [-0.3, -0.25) is 4.79 Å². The zero-order valence-corrected chi connectivity index (χ0v) is 20.0. The number of thiazole rings is 1. The number of aromatic nitrogens is 2.